The molecule has 0 fully saturated rings. The van der Waals surface area contributed by atoms with Crippen molar-refractivity contribution in [2.45, 2.75) is 26.7 Å². The van der Waals surface area contributed by atoms with Crippen molar-refractivity contribution in [2.75, 3.05) is 11.9 Å². The van der Waals surface area contributed by atoms with Crippen molar-refractivity contribution >= 4 is 23.6 Å². The highest BCUT2D eigenvalue weighted by atomic mass is 16.5. The lowest BCUT2D eigenvalue weighted by atomic mass is 10.0. The van der Waals surface area contributed by atoms with Crippen molar-refractivity contribution in [3.8, 4) is 0 Å². The highest BCUT2D eigenvalue weighted by molar-refractivity contribution is 5.95. The van der Waals surface area contributed by atoms with E-state index >= 15 is 0 Å². The van der Waals surface area contributed by atoms with Gasteiger partial charge >= 0.3 is 5.97 Å². The summed E-state index contributed by atoms with van der Waals surface area (Å²) >= 11 is 0. The third-order valence-electron chi connectivity index (χ3n) is 3.35. The Bertz CT molecular complexity index is 743. The molecule has 0 bridgehead atoms. The fraction of sp³-hybridized carbons (Fsp3) is 0.263. The number of aryl methyl sites for hydroxylation is 1. The molecule has 126 valence electrons. The summed E-state index contributed by atoms with van der Waals surface area (Å²) in [6, 6.07) is 11.1. The number of furan rings is 1. The number of hydrogen-bond acceptors (Lipinski definition) is 4. The van der Waals surface area contributed by atoms with E-state index in [-0.39, 0.29) is 18.4 Å². The monoisotopic (exact) mass is 327 g/mol. The molecule has 2 rings (SSSR count). The third-order valence-corrected chi connectivity index (χ3v) is 3.35. The van der Waals surface area contributed by atoms with Crippen molar-refractivity contribution in [1.29, 1.82) is 0 Å². The van der Waals surface area contributed by atoms with Gasteiger partial charge in [-0.05, 0) is 42.7 Å². The Balaban J connectivity index is 1.85. The Labute approximate surface area is 141 Å². The summed E-state index contributed by atoms with van der Waals surface area (Å²) < 4.78 is 10.2. The van der Waals surface area contributed by atoms with Gasteiger partial charge in [-0.15, -0.1) is 0 Å². The lowest BCUT2D eigenvalue weighted by molar-refractivity contribution is -0.142. The molecule has 5 nitrogen and oxygen atoms in total. The second-order valence-corrected chi connectivity index (χ2v) is 5.68. The number of rotatable bonds is 6. The summed E-state index contributed by atoms with van der Waals surface area (Å²) in [7, 11) is 0. The molecule has 0 aliphatic carbocycles. The third kappa shape index (κ3) is 5.12. The van der Waals surface area contributed by atoms with Crippen molar-refractivity contribution in [2.24, 2.45) is 0 Å². The van der Waals surface area contributed by atoms with Crippen LogP contribution in [0.15, 0.2) is 46.9 Å². The standard InChI is InChI=1S/C19H21NO4/c1-13(2)16-6-4-5-7-17(16)20-18(21)12-23-19(22)11-10-15-9-8-14(3)24-15/h4-11,13H,12H2,1-3H3,(H,20,21). The summed E-state index contributed by atoms with van der Waals surface area (Å²) in [5, 5.41) is 2.77. The first kappa shape index (κ1) is 17.5. The van der Waals surface area contributed by atoms with Gasteiger partial charge in [0.2, 0.25) is 0 Å². The van der Waals surface area contributed by atoms with Crippen LogP contribution in [0.25, 0.3) is 6.08 Å². The first-order valence-corrected chi connectivity index (χ1v) is 7.75. The van der Waals surface area contributed by atoms with Gasteiger partial charge in [0, 0.05) is 11.8 Å². The number of nitrogens with one attached hydrogen (secondary N) is 1. The predicted octanol–water partition coefficient (Wildman–Crippen LogP) is 3.91. The average molecular weight is 327 g/mol. The molecule has 2 aromatic rings. The topological polar surface area (TPSA) is 68.5 Å². The van der Waals surface area contributed by atoms with Crippen LogP contribution in [0.2, 0.25) is 0 Å². The van der Waals surface area contributed by atoms with Crippen molar-refractivity contribution in [1.82, 2.24) is 0 Å². The van der Waals surface area contributed by atoms with Gasteiger partial charge in [0.25, 0.3) is 5.91 Å². The Morgan fingerprint density at radius 2 is 1.96 bits per heavy atom. The number of para-hydroxylation sites is 1. The minimum atomic E-state index is -0.601. The van der Waals surface area contributed by atoms with Crippen molar-refractivity contribution in [3.05, 3.63) is 59.6 Å². The van der Waals surface area contributed by atoms with Gasteiger partial charge in [-0.25, -0.2) is 4.79 Å². The zero-order chi connectivity index (χ0) is 17.5. The molecule has 0 spiro atoms. The maximum absolute atomic E-state index is 11.9. The van der Waals surface area contributed by atoms with Crippen LogP contribution in [0.5, 0.6) is 0 Å². The molecular formula is C19H21NO4. The number of amides is 1. The molecule has 0 saturated carbocycles. The zero-order valence-electron chi connectivity index (χ0n) is 14.0. The maximum atomic E-state index is 11.9. The molecule has 0 radical (unpaired) electrons. The SMILES string of the molecule is Cc1ccc(C=CC(=O)OCC(=O)Nc2ccccc2C(C)C)o1. The fourth-order valence-corrected chi connectivity index (χ4v) is 2.18. The van der Waals surface area contributed by atoms with Crippen LogP contribution >= 0.6 is 0 Å². The van der Waals surface area contributed by atoms with Gasteiger partial charge in [0.1, 0.15) is 11.5 Å². The second kappa shape index (κ2) is 8.15. The van der Waals surface area contributed by atoms with Gasteiger partial charge in [0.15, 0.2) is 6.61 Å². The normalized spacial score (nSPS) is 11.0. The van der Waals surface area contributed by atoms with Crippen LogP contribution < -0.4 is 5.32 Å². The Morgan fingerprint density at radius 3 is 2.62 bits per heavy atom. The van der Waals surface area contributed by atoms with Crippen molar-refractivity contribution < 1.29 is 18.7 Å². The number of hydrogen-bond donors (Lipinski definition) is 1. The van der Waals surface area contributed by atoms with E-state index in [0.29, 0.717) is 5.76 Å². The van der Waals surface area contributed by atoms with E-state index in [1.165, 1.54) is 12.2 Å². The molecule has 0 unspecified atom stereocenters. The van der Waals surface area contributed by atoms with Gasteiger partial charge in [-0.3, -0.25) is 4.79 Å². The molecule has 1 heterocycles. The first-order valence-electron chi connectivity index (χ1n) is 7.75. The van der Waals surface area contributed by atoms with Crippen LogP contribution in [0.1, 0.15) is 36.8 Å². The van der Waals surface area contributed by atoms with E-state index in [2.05, 4.69) is 5.32 Å². The van der Waals surface area contributed by atoms with Gasteiger partial charge in [0.05, 0.1) is 0 Å². The maximum Gasteiger partial charge on any atom is 0.331 e. The molecule has 1 N–H and O–H groups in total. The zero-order valence-corrected chi connectivity index (χ0v) is 14.0. The lowest BCUT2D eigenvalue weighted by Gasteiger charge is -2.13. The number of esters is 1. The minimum absolute atomic E-state index is 0.281. The van der Waals surface area contributed by atoms with Crippen LogP contribution in [-0.2, 0) is 14.3 Å². The van der Waals surface area contributed by atoms with E-state index in [0.717, 1.165) is 17.0 Å². The summed E-state index contributed by atoms with van der Waals surface area (Å²) in [5.41, 5.74) is 1.76. The van der Waals surface area contributed by atoms with E-state index in [1.807, 2.05) is 45.0 Å². The summed E-state index contributed by atoms with van der Waals surface area (Å²) in [6.07, 6.45) is 2.73. The summed E-state index contributed by atoms with van der Waals surface area (Å²) in [6.45, 7) is 5.57. The molecule has 24 heavy (non-hydrogen) atoms. The molecule has 0 saturated heterocycles. The molecule has 1 amide bonds. The largest absolute Gasteiger partial charge is 0.462 e. The summed E-state index contributed by atoms with van der Waals surface area (Å²) in [4.78, 5) is 23.6. The van der Waals surface area contributed by atoms with E-state index in [9.17, 15) is 9.59 Å². The van der Waals surface area contributed by atoms with Crippen LogP contribution in [-0.4, -0.2) is 18.5 Å². The first-order chi connectivity index (χ1) is 11.5. The second-order valence-electron chi connectivity index (χ2n) is 5.68. The fourth-order valence-electron chi connectivity index (χ4n) is 2.18. The van der Waals surface area contributed by atoms with Crippen LogP contribution in [0.4, 0.5) is 5.69 Å². The number of carbonyl (C=O) groups excluding carboxylic acids is 2. The van der Waals surface area contributed by atoms with E-state index in [1.54, 1.807) is 12.1 Å². The van der Waals surface area contributed by atoms with Crippen molar-refractivity contribution in [3.63, 3.8) is 0 Å². The smallest absolute Gasteiger partial charge is 0.331 e. The molecular weight excluding hydrogens is 306 g/mol. The van der Waals surface area contributed by atoms with Gasteiger partial charge in [-0.1, -0.05) is 32.0 Å². The molecule has 0 aliphatic heterocycles. The van der Waals surface area contributed by atoms with E-state index < -0.39 is 5.97 Å². The molecule has 0 aliphatic rings. The average Bonchev–Trinajstić information content (AvgIpc) is 2.97. The molecule has 5 heteroatoms. The van der Waals surface area contributed by atoms with Crippen LogP contribution in [0.3, 0.4) is 0 Å². The van der Waals surface area contributed by atoms with Gasteiger partial charge in [-0.2, -0.15) is 0 Å². The highest BCUT2D eigenvalue weighted by Crippen LogP contribution is 2.23. The lowest BCUT2D eigenvalue weighted by Crippen LogP contribution is -2.21. The van der Waals surface area contributed by atoms with Crippen LogP contribution in [0, 0.1) is 6.92 Å². The number of ether oxygens (including phenoxy) is 1. The molecule has 0 atom stereocenters. The molecule has 1 aromatic heterocycles. The minimum Gasteiger partial charge on any atom is -0.462 e. The Kier molecular flexibility index (Phi) is 5.95. The Morgan fingerprint density at radius 1 is 1.21 bits per heavy atom. The van der Waals surface area contributed by atoms with Gasteiger partial charge < -0.3 is 14.5 Å². The predicted molar refractivity (Wildman–Crippen MR) is 92.6 cm³/mol. The highest BCUT2D eigenvalue weighted by Gasteiger charge is 2.10. The summed E-state index contributed by atoms with van der Waals surface area (Å²) in [5.74, 6) is 0.616. The Hall–Kier alpha value is -2.82. The molecule has 1 aromatic carbocycles. The number of benzene rings is 1. The quantitative estimate of drug-likeness (QED) is 0.645. The number of carbonyl (C=O) groups is 2. The number of anilines is 1. The van der Waals surface area contributed by atoms with E-state index in [4.69, 9.17) is 9.15 Å².